The van der Waals surface area contributed by atoms with Crippen LogP contribution in [-0.4, -0.2) is 9.78 Å². The standard InChI is InChI=1S/C8H13ClN2/c1-6-5-7(8(2,3)9)11(4)10-6/h5H,1-4H3. The van der Waals surface area contributed by atoms with E-state index in [0.29, 0.717) is 0 Å². The van der Waals surface area contributed by atoms with Crippen molar-refractivity contribution in [3.8, 4) is 0 Å². The molecule has 0 aliphatic carbocycles. The molecule has 11 heavy (non-hydrogen) atoms. The molecule has 1 aromatic rings. The summed E-state index contributed by atoms with van der Waals surface area (Å²) in [6.45, 7) is 5.89. The summed E-state index contributed by atoms with van der Waals surface area (Å²) < 4.78 is 1.82. The second-order valence-electron chi connectivity index (χ2n) is 3.27. The minimum absolute atomic E-state index is 0.323. The fourth-order valence-electron chi connectivity index (χ4n) is 1.17. The molecule has 0 fully saturated rings. The average molecular weight is 173 g/mol. The summed E-state index contributed by atoms with van der Waals surface area (Å²) >= 11 is 6.12. The zero-order valence-electron chi connectivity index (χ0n) is 7.35. The van der Waals surface area contributed by atoms with E-state index in [9.17, 15) is 0 Å². The first kappa shape index (κ1) is 8.60. The SMILES string of the molecule is Cc1cc(C(C)(C)Cl)n(C)n1. The third-order valence-electron chi connectivity index (χ3n) is 1.61. The third kappa shape index (κ3) is 1.74. The van der Waals surface area contributed by atoms with E-state index in [-0.39, 0.29) is 4.87 Å². The van der Waals surface area contributed by atoms with Crippen molar-refractivity contribution >= 4 is 11.6 Å². The van der Waals surface area contributed by atoms with Crippen LogP contribution in [0.1, 0.15) is 25.2 Å². The van der Waals surface area contributed by atoms with E-state index in [1.807, 2.05) is 38.6 Å². The summed E-state index contributed by atoms with van der Waals surface area (Å²) in [5.74, 6) is 0. The number of alkyl halides is 1. The number of halogens is 1. The highest BCUT2D eigenvalue weighted by Crippen LogP contribution is 2.27. The first-order valence-electron chi connectivity index (χ1n) is 3.61. The minimum atomic E-state index is -0.323. The second-order valence-corrected chi connectivity index (χ2v) is 4.21. The van der Waals surface area contributed by atoms with Crippen molar-refractivity contribution in [3.63, 3.8) is 0 Å². The molecule has 0 amide bonds. The summed E-state index contributed by atoms with van der Waals surface area (Å²) in [6.07, 6.45) is 0. The van der Waals surface area contributed by atoms with Gasteiger partial charge >= 0.3 is 0 Å². The Morgan fingerprint density at radius 3 is 2.27 bits per heavy atom. The molecule has 1 aromatic heterocycles. The van der Waals surface area contributed by atoms with Gasteiger partial charge in [0.25, 0.3) is 0 Å². The molecule has 2 nitrogen and oxygen atoms in total. The van der Waals surface area contributed by atoms with Crippen molar-refractivity contribution in [2.45, 2.75) is 25.6 Å². The Balaban J connectivity index is 3.13. The lowest BCUT2D eigenvalue weighted by Crippen LogP contribution is -2.13. The molecular weight excluding hydrogens is 160 g/mol. The lowest BCUT2D eigenvalue weighted by molar-refractivity contribution is 0.626. The molecule has 0 unspecified atom stereocenters. The quantitative estimate of drug-likeness (QED) is 0.594. The minimum Gasteiger partial charge on any atom is -0.271 e. The van der Waals surface area contributed by atoms with E-state index in [4.69, 9.17) is 11.6 Å². The van der Waals surface area contributed by atoms with Gasteiger partial charge in [0.2, 0.25) is 0 Å². The molecule has 0 atom stereocenters. The molecule has 1 rings (SSSR count). The van der Waals surface area contributed by atoms with Crippen LogP contribution in [0.4, 0.5) is 0 Å². The predicted molar refractivity (Wildman–Crippen MR) is 46.8 cm³/mol. The molecule has 0 aliphatic rings. The normalized spacial score (nSPS) is 12.1. The highest BCUT2D eigenvalue weighted by molar-refractivity contribution is 6.23. The molecule has 0 radical (unpaired) electrons. The van der Waals surface area contributed by atoms with Gasteiger partial charge in [-0.05, 0) is 26.8 Å². The van der Waals surface area contributed by atoms with Crippen LogP contribution < -0.4 is 0 Å². The zero-order valence-corrected chi connectivity index (χ0v) is 8.11. The van der Waals surface area contributed by atoms with E-state index >= 15 is 0 Å². The van der Waals surface area contributed by atoms with Gasteiger partial charge in [0.15, 0.2) is 0 Å². The summed E-state index contributed by atoms with van der Waals surface area (Å²) in [7, 11) is 1.91. The Kier molecular flexibility index (Phi) is 1.97. The van der Waals surface area contributed by atoms with Crippen LogP contribution in [0, 0.1) is 6.92 Å². The smallest absolute Gasteiger partial charge is 0.0806 e. The van der Waals surface area contributed by atoms with Gasteiger partial charge in [-0.1, -0.05) is 0 Å². The molecule has 0 spiro atoms. The molecule has 0 aromatic carbocycles. The Bertz CT molecular complexity index is 258. The third-order valence-corrected chi connectivity index (χ3v) is 1.80. The molecule has 0 N–H and O–H groups in total. The van der Waals surface area contributed by atoms with Crippen LogP contribution in [0.3, 0.4) is 0 Å². The van der Waals surface area contributed by atoms with Crippen molar-refractivity contribution in [3.05, 3.63) is 17.5 Å². The van der Waals surface area contributed by atoms with Gasteiger partial charge < -0.3 is 0 Å². The van der Waals surface area contributed by atoms with E-state index in [0.717, 1.165) is 11.4 Å². The molecule has 3 heteroatoms. The van der Waals surface area contributed by atoms with Crippen molar-refractivity contribution in [2.24, 2.45) is 7.05 Å². The number of aryl methyl sites for hydroxylation is 2. The number of nitrogens with zero attached hydrogens (tertiary/aromatic N) is 2. The summed E-state index contributed by atoms with van der Waals surface area (Å²) in [5, 5.41) is 4.21. The Morgan fingerprint density at radius 2 is 2.09 bits per heavy atom. The largest absolute Gasteiger partial charge is 0.271 e. The lowest BCUT2D eigenvalue weighted by atomic mass is 10.1. The van der Waals surface area contributed by atoms with Gasteiger partial charge in [-0.15, -0.1) is 11.6 Å². The molecule has 0 saturated carbocycles. The molecule has 0 aliphatic heterocycles. The number of aromatic nitrogens is 2. The topological polar surface area (TPSA) is 17.8 Å². The zero-order chi connectivity index (χ0) is 8.65. The first-order valence-corrected chi connectivity index (χ1v) is 3.99. The number of rotatable bonds is 1. The highest BCUT2D eigenvalue weighted by Gasteiger charge is 2.20. The Hall–Kier alpha value is -0.500. The van der Waals surface area contributed by atoms with Crippen LogP contribution >= 0.6 is 11.6 Å². The van der Waals surface area contributed by atoms with Crippen molar-refractivity contribution in [1.29, 1.82) is 0 Å². The van der Waals surface area contributed by atoms with E-state index in [2.05, 4.69) is 5.10 Å². The number of hydrogen-bond donors (Lipinski definition) is 0. The molecule has 62 valence electrons. The van der Waals surface area contributed by atoms with Crippen molar-refractivity contribution in [1.82, 2.24) is 9.78 Å². The maximum atomic E-state index is 6.12. The van der Waals surface area contributed by atoms with Crippen LogP contribution in [0.2, 0.25) is 0 Å². The molecule has 0 bridgehead atoms. The van der Waals surface area contributed by atoms with Crippen molar-refractivity contribution in [2.75, 3.05) is 0 Å². The van der Waals surface area contributed by atoms with E-state index in [1.54, 1.807) is 0 Å². The van der Waals surface area contributed by atoms with Crippen LogP contribution in [-0.2, 0) is 11.9 Å². The van der Waals surface area contributed by atoms with Gasteiger partial charge in [-0.2, -0.15) is 5.10 Å². The van der Waals surface area contributed by atoms with Gasteiger partial charge in [0, 0.05) is 7.05 Å². The van der Waals surface area contributed by atoms with Gasteiger partial charge in [0.1, 0.15) is 0 Å². The maximum absolute atomic E-state index is 6.12. The van der Waals surface area contributed by atoms with Crippen LogP contribution in [0.5, 0.6) is 0 Å². The maximum Gasteiger partial charge on any atom is 0.0806 e. The van der Waals surface area contributed by atoms with Crippen molar-refractivity contribution < 1.29 is 0 Å². The lowest BCUT2D eigenvalue weighted by Gasteiger charge is -2.15. The average Bonchev–Trinajstić information content (AvgIpc) is 2.08. The summed E-state index contributed by atoms with van der Waals surface area (Å²) in [4.78, 5) is -0.323. The number of hydrogen-bond acceptors (Lipinski definition) is 1. The fraction of sp³-hybridized carbons (Fsp3) is 0.625. The molecule has 0 saturated heterocycles. The predicted octanol–water partition coefficient (Wildman–Crippen LogP) is 2.20. The monoisotopic (exact) mass is 172 g/mol. The second kappa shape index (κ2) is 2.52. The van der Waals surface area contributed by atoms with Gasteiger partial charge in [0.05, 0.1) is 16.3 Å². The van der Waals surface area contributed by atoms with Crippen LogP contribution in [0.25, 0.3) is 0 Å². The molecule has 1 heterocycles. The van der Waals surface area contributed by atoms with E-state index in [1.165, 1.54) is 0 Å². The van der Waals surface area contributed by atoms with Gasteiger partial charge in [-0.25, -0.2) is 0 Å². The van der Waals surface area contributed by atoms with Gasteiger partial charge in [-0.3, -0.25) is 4.68 Å². The van der Waals surface area contributed by atoms with E-state index < -0.39 is 0 Å². The summed E-state index contributed by atoms with van der Waals surface area (Å²) in [6, 6.07) is 2.01. The Labute approximate surface area is 72.2 Å². The highest BCUT2D eigenvalue weighted by atomic mass is 35.5. The summed E-state index contributed by atoms with van der Waals surface area (Å²) in [5.41, 5.74) is 2.06. The molecular formula is C8H13ClN2. The Morgan fingerprint density at radius 1 is 1.55 bits per heavy atom. The first-order chi connectivity index (χ1) is 4.91. The van der Waals surface area contributed by atoms with Crippen LogP contribution in [0.15, 0.2) is 6.07 Å². The fourth-order valence-corrected chi connectivity index (χ4v) is 1.34.